The zero-order valence-electron chi connectivity index (χ0n) is 13.8. The first-order chi connectivity index (χ1) is 9.85. The molecule has 0 bridgehead atoms. The molecule has 1 heterocycles. The summed E-state index contributed by atoms with van der Waals surface area (Å²) >= 11 is 5.13. The van der Waals surface area contributed by atoms with Crippen LogP contribution < -0.4 is 11.1 Å². The molecule has 122 valence electrons. The van der Waals surface area contributed by atoms with Crippen molar-refractivity contribution < 1.29 is 4.79 Å². The summed E-state index contributed by atoms with van der Waals surface area (Å²) in [6.07, 6.45) is 0.946. The molecule has 2 atom stereocenters. The van der Waals surface area contributed by atoms with Crippen LogP contribution in [-0.4, -0.2) is 65.5 Å². The number of carbonyl (C=O) groups is 1. The van der Waals surface area contributed by atoms with Crippen molar-refractivity contribution in [3.8, 4) is 0 Å². The molecule has 6 heteroatoms. The van der Waals surface area contributed by atoms with Crippen molar-refractivity contribution in [1.82, 2.24) is 15.1 Å². The number of thiocarbonyl (C=S) groups is 1. The Bertz CT molecular complexity index is 354. The lowest BCUT2D eigenvalue weighted by Crippen LogP contribution is -2.55. The SMILES string of the molecule is CCC(C(N)=S)N1CCN(CC(=O)NC(C)C(C)C)CC1. The van der Waals surface area contributed by atoms with Gasteiger partial charge in [-0.05, 0) is 19.3 Å². The van der Waals surface area contributed by atoms with E-state index in [1.807, 2.05) is 0 Å². The lowest BCUT2D eigenvalue weighted by molar-refractivity contribution is -0.123. The lowest BCUT2D eigenvalue weighted by atomic mass is 10.1. The van der Waals surface area contributed by atoms with Crippen LogP contribution in [0.5, 0.6) is 0 Å². The zero-order chi connectivity index (χ0) is 16.0. The summed E-state index contributed by atoms with van der Waals surface area (Å²) in [6.45, 7) is 12.5. The highest BCUT2D eigenvalue weighted by molar-refractivity contribution is 7.80. The molecule has 0 aromatic heterocycles. The predicted molar refractivity (Wildman–Crippen MR) is 91.3 cm³/mol. The van der Waals surface area contributed by atoms with E-state index >= 15 is 0 Å². The minimum absolute atomic E-state index is 0.117. The van der Waals surface area contributed by atoms with Crippen LogP contribution in [0.3, 0.4) is 0 Å². The molecule has 21 heavy (non-hydrogen) atoms. The number of hydrogen-bond donors (Lipinski definition) is 2. The average molecular weight is 314 g/mol. The fourth-order valence-corrected chi connectivity index (χ4v) is 2.86. The number of carbonyl (C=O) groups excluding carboxylic acids is 1. The molecule has 1 aliphatic heterocycles. The topological polar surface area (TPSA) is 61.6 Å². The van der Waals surface area contributed by atoms with E-state index in [1.54, 1.807) is 0 Å². The van der Waals surface area contributed by atoms with Gasteiger partial charge in [0.1, 0.15) is 0 Å². The fourth-order valence-electron chi connectivity index (χ4n) is 2.54. The molecule has 1 amide bonds. The first-order valence-electron chi connectivity index (χ1n) is 7.90. The number of piperazine rings is 1. The monoisotopic (exact) mass is 314 g/mol. The third-order valence-corrected chi connectivity index (χ3v) is 4.59. The van der Waals surface area contributed by atoms with E-state index in [0.717, 1.165) is 32.6 Å². The van der Waals surface area contributed by atoms with E-state index < -0.39 is 0 Å². The van der Waals surface area contributed by atoms with Crippen molar-refractivity contribution in [2.75, 3.05) is 32.7 Å². The number of hydrogen-bond acceptors (Lipinski definition) is 4. The van der Waals surface area contributed by atoms with E-state index in [1.165, 1.54) is 0 Å². The second-order valence-corrected chi connectivity index (χ2v) is 6.71. The largest absolute Gasteiger partial charge is 0.392 e. The number of amides is 1. The lowest BCUT2D eigenvalue weighted by Gasteiger charge is -2.38. The summed E-state index contributed by atoms with van der Waals surface area (Å²) in [7, 11) is 0. The molecular formula is C15H30N4OS. The maximum Gasteiger partial charge on any atom is 0.234 e. The maximum atomic E-state index is 12.0. The smallest absolute Gasteiger partial charge is 0.234 e. The van der Waals surface area contributed by atoms with Crippen LogP contribution in [0.25, 0.3) is 0 Å². The van der Waals surface area contributed by atoms with E-state index in [0.29, 0.717) is 17.5 Å². The van der Waals surface area contributed by atoms with Gasteiger partial charge in [0, 0.05) is 32.2 Å². The zero-order valence-corrected chi connectivity index (χ0v) is 14.6. The van der Waals surface area contributed by atoms with Gasteiger partial charge in [-0.15, -0.1) is 0 Å². The van der Waals surface area contributed by atoms with Gasteiger partial charge in [0.15, 0.2) is 0 Å². The van der Waals surface area contributed by atoms with Crippen LogP contribution in [0.15, 0.2) is 0 Å². The summed E-state index contributed by atoms with van der Waals surface area (Å²) < 4.78 is 0. The van der Waals surface area contributed by atoms with Gasteiger partial charge < -0.3 is 11.1 Å². The van der Waals surface area contributed by atoms with Gasteiger partial charge in [-0.3, -0.25) is 14.6 Å². The Labute approximate surface area is 134 Å². The van der Waals surface area contributed by atoms with Crippen LogP contribution in [0.1, 0.15) is 34.1 Å². The Hall–Kier alpha value is -0.720. The van der Waals surface area contributed by atoms with Crippen molar-refractivity contribution in [1.29, 1.82) is 0 Å². The molecular weight excluding hydrogens is 284 g/mol. The number of nitrogens with one attached hydrogen (secondary N) is 1. The minimum Gasteiger partial charge on any atom is -0.392 e. The third-order valence-electron chi connectivity index (χ3n) is 4.32. The summed E-state index contributed by atoms with van der Waals surface area (Å²) in [6, 6.07) is 0.412. The first kappa shape index (κ1) is 18.3. The highest BCUT2D eigenvalue weighted by atomic mass is 32.1. The van der Waals surface area contributed by atoms with Crippen molar-refractivity contribution in [2.45, 2.75) is 46.2 Å². The van der Waals surface area contributed by atoms with Gasteiger partial charge in [-0.1, -0.05) is 33.0 Å². The van der Waals surface area contributed by atoms with Gasteiger partial charge in [0.05, 0.1) is 17.6 Å². The molecule has 1 aliphatic rings. The van der Waals surface area contributed by atoms with Crippen LogP contribution in [0.4, 0.5) is 0 Å². The van der Waals surface area contributed by atoms with Gasteiger partial charge in [0.25, 0.3) is 0 Å². The van der Waals surface area contributed by atoms with Crippen LogP contribution in [0, 0.1) is 5.92 Å². The number of rotatable bonds is 7. The Balaban J connectivity index is 2.36. The highest BCUT2D eigenvalue weighted by Crippen LogP contribution is 2.10. The quantitative estimate of drug-likeness (QED) is 0.682. The summed E-state index contributed by atoms with van der Waals surface area (Å²) in [5, 5.41) is 3.06. The standard InChI is InChI=1S/C15H30N4OS/c1-5-13(15(16)21)19-8-6-18(7-9-19)10-14(20)17-12(4)11(2)3/h11-13H,5-10H2,1-4H3,(H2,16,21)(H,17,20). The van der Waals surface area contributed by atoms with Crippen LogP contribution >= 0.6 is 12.2 Å². The molecule has 0 aliphatic carbocycles. The molecule has 0 aromatic rings. The van der Waals surface area contributed by atoms with E-state index in [2.05, 4.69) is 42.8 Å². The van der Waals surface area contributed by atoms with Crippen molar-refractivity contribution in [2.24, 2.45) is 11.7 Å². The molecule has 1 saturated heterocycles. The van der Waals surface area contributed by atoms with Crippen molar-refractivity contribution in [3.63, 3.8) is 0 Å². The summed E-state index contributed by atoms with van der Waals surface area (Å²) in [4.78, 5) is 17.1. The summed E-state index contributed by atoms with van der Waals surface area (Å²) in [5.74, 6) is 0.577. The molecule has 1 fully saturated rings. The molecule has 2 unspecified atom stereocenters. The fraction of sp³-hybridized carbons (Fsp3) is 0.867. The van der Waals surface area contributed by atoms with Gasteiger partial charge in [0.2, 0.25) is 5.91 Å². The maximum absolute atomic E-state index is 12.0. The van der Waals surface area contributed by atoms with E-state index in [4.69, 9.17) is 18.0 Å². The third kappa shape index (κ3) is 5.88. The van der Waals surface area contributed by atoms with Gasteiger partial charge in [-0.2, -0.15) is 0 Å². The second kappa shape index (κ2) is 8.66. The van der Waals surface area contributed by atoms with Crippen LogP contribution in [0.2, 0.25) is 0 Å². The Morgan fingerprint density at radius 2 is 1.81 bits per heavy atom. The molecule has 0 spiro atoms. The molecule has 0 aromatic carbocycles. The molecule has 5 nitrogen and oxygen atoms in total. The molecule has 3 N–H and O–H groups in total. The number of nitrogens with two attached hydrogens (primary N) is 1. The predicted octanol–water partition coefficient (Wildman–Crippen LogP) is 0.829. The minimum atomic E-state index is 0.117. The van der Waals surface area contributed by atoms with Crippen molar-refractivity contribution in [3.05, 3.63) is 0 Å². The van der Waals surface area contributed by atoms with E-state index in [-0.39, 0.29) is 18.0 Å². The summed E-state index contributed by atoms with van der Waals surface area (Å²) in [5.41, 5.74) is 5.79. The van der Waals surface area contributed by atoms with Crippen molar-refractivity contribution >= 4 is 23.1 Å². The molecule has 0 radical (unpaired) electrons. The Morgan fingerprint density at radius 1 is 1.24 bits per heavy atom. The normalized spacial score (nSPS) is 20.2. The Kier molecular flexibility index (Phi) is 7.56. The van der Waals surface area contributed by atoms with E-state index in [9.17, 15) is 4.79 Å². The van der Waals surface area contributed by atoms with Crippen LogP contribution in [-0.2, 0) is 4.79 Å². The molecule has 1 rings (SSSR count). The van der Waals surface area contributed by atoms with Gasteiger partial charge >= 0.3 is 0 Å². The first-order valence-corrected chi connectivity index (χ1v) is 8.31. The Morgan fingerprint density at radius 3 is 2.24 bits per heavy atom. The highest BCUT2D eigenvalue weighted by Gasteiger charge is 2.25. The number of nitrogens with zero attached hydrogens (tertiary/aromatic N) is 2. The average Bonchev–Trinajstić information content (AvgIpc) is 2.40. The molecule has 0 saturated carbocycles. The second-order valence-electron chi connectivity index (χ2n) is 6.24. The van der Waals surface area contributed by atoms with Gasteiger partial charge in [-0.25, -0.2) is 0 Å².